The van der Waals surface area contributed by atoms with Crippen LogP contribution in [0.3, 0.4) is 0 Å². The number of aliphatic hydroxyl groups is 16. The van der Waals surface area contributed by atoms with Gasteiger partial charge in [0, 0.05) is 13.5 Å². The summed E-state index contributed by atoms with van der Waals surface area (Å²) in [6.07, 6.45) is -44.4. The van der Waals surface area contributed by atoms with E-state index < -0.39 is 250 Å². The van der Waals surface area contributed by atoms with E-state index in [0.717, 1.165) is 18.4 Å². The minimum atomic E-state index is -2.09. The van der Waals surface area contributed by atoms with Crippen LogP contribution in [0.15, 0.2) is 23.8 Å². The Bertz CT molecular complexity index is 2820. The summed E-state index contributed by atoms with van der Waals surface area (Å²) in [4.78, 5) is 29.1. The van der Waals surface area contributed by atoms with E-state index in [1.54, 1.807) is 0 Å². The highest BCUT2D eigenvalue weighted by Gasteiger charge is 2.79. The Morgan fingerprint density at radius 3 is 1.62 bits per heavy atom. The molecule has 4 aliphatic carbocycles. The van der Waals surface area contributed by atoms with Gasteiger partial charge in [-0.05, 0) is 100 Å². The molecule has 0 aromatic carbocycles. The van der Waals surface area contributed by atoms with E-state index in [1.807, 2.05) is 13.8 Å². The van der Waals surface area contributed by atoms with Crippen LogP contribution in [0.4, 0.5) is 0 Å². The minimum Gasteiger partial charge on any atom is -0.458 e. The average molecular weight is 1410 g/mol. The van der Waals surface area contributed by atoms with Crippen molar-refractivity contribution in [1.29, 1.82) is 0 Å². The zero-order valence-electron chi connectivity index (χ0n) is 56.4. The van der Waals surface area contributed by atoms with Crippen LogP contribution >= 0.6 is 0 Å². The zero-order valence-corrected chi connectivity index (χ0v) is 56.4. The molecule has 11 rings (SSSR count). The summed E-state index contributed by atoms with van der Waals surface area (Å²) in [5.74, 6) is -1.06. The SMILES string of the molecule is C=C(C)CCC[C@]1(C)OC(=O)C23CC=C4[C@@H](CCC5C(C)(C)[C@@H](O[C@@H]6OC[C@@H](O[C@@H]7OC(CO)[C@@H](O)C(O[C@@H]8OC(CO)[C@@H](O)C(O)C8O)C7O)C(O)C6O[C@@H]6OC(C)[C@@H](O[C@@H]7OC(CO)[C@@H](O)C(O[C@@H]8OC(CO)[C@@H](O)C(OC)C8O)C7O)C(O)C6O)CC[C@]45C)[C@]2(C)CC(=O)[C@@H]31. The first kappa shape index (κ1) is 76.6. The van der Waals surface area contributed by atoms with Crippen LogP contribution in [-0.2, 0) is 75.9 Å². The van der Waals surface area contributed by atoms with Gasteiger partial charge in [-0.3, -0.25) is 9.59 Å². The number of methoxy groups -OCH3 is 1. The molecule has 0 aromatic heterocycles. The summed E-state index contributed by atoms with van der Waals surface area (Å²) in [5, 5.41) is 177. The monoisotopic (exact) mass is 1410 g/mol. The molecule has 560 valence electrons. The first-order valence-electron chi connectivity index (χ1n) is 34.3. The molecule has 32 heteroatoms. The quantitative estimate of drug-likeness (QED) is 0.0292. The Hall–Kier alpha value is -2.54. The Morgan fingerprint density at radius 2 is 1.06 bits per heavy atom. The maximum Gasteiger partial charge on any atom is 0.314 e. The molecule has 3 saturated carbocycles. The lowest BCUT2D eigenvalue weighted by Crippen LogP contribution is -2.67. The number of hydrogen-bond acceptors (Lipinski definition) is 32. The maximum absolute atomic E-state index is 14.6. The molecular weight excluding hydrogens is 1300 g/mol. The number of cyclic esters (lactones) is 1. The predicted octanol–water partition coefficient (Wildman–Crippen LogP) is -4.56. The van der Waals surface area contributed by atoms with Crippen molar-refractivity contribution < 1.29 is 158 Å². The normalized spacial score (nSPS) is 52.5. The highest BCUT2D eigenvalue weighted by atomic mass is 16.8. The Balaban J connectivity index is 0.835. The van der Waals surface area contributed by atoms with Crippen LogP contribution in [0.25, 0.3) is 0 Å². The van der Waals surface area contributed by atoms with Gasteiger partial charge >= 0.3 is 5.97 Å². The average Bonchev–Trinajstić information content (AvgIpc) is 1.47. The minimum absolute atomic E-state index is 0.0447. The van der Waals surface area contributed by atoms with Crippen LogP contribution in [0.2, 0.25) is 0 Å². The Labute approximate surface area is 567 Å². The van der Waals surface area contributed by atoms with Gasteiger partial charge in [-0.15, -0.1) is 6.58 Å². The van der Waals surface area contributed by atoms with Gasteiger partial charge in [0.05, 0.1) is 56.6 Å². The first-order valence-corrected chi connectivity index (χ1v) is 34.3. The van der Waals surface area contributed by atoms with Crippen molar-refractivity contribution in [2.75, 3.05) is 40.1 Å². The number of ketones is 1. The molecule has 0 aromatic rings. The van der Waals surface area contributed by atoms with Crippen LogP contribution in [0.5, 0.6) is 0 Å². The first-order chi connectivity index (χ1) is 46.2. The molecular formula is C66H104O32. The van der Waals surface area contributed by atoms with Crippen LogP contribution in [0.1, 0.15) is 106 Å². The molecule has 98 heavy (non-hydrogen) atoms. The number of esters is 1. The third-order valence-corrected chi connectivity index (χ3v) is 24.1. The molecule has 7 aliphatic heterocycles. The number of allylic oxidation sites excluding steroid dienone is 3. The highest BCUT2D eigenvalue weighted by molar-refractivity contribution is 5.99. The van der Waals surface area contributed by atoms with Gasteiger partial charge < -0.3 is 148 Å². The molecule has 19 unspecified atom stereocenters. The van der Waals surface area contributed by atoms with Crippen LogP contribution in [0, 0.1) is 39.4 Å². The summed E-state index contributed by atoms with van der Waals surface area (Å²) < 4.78 is 84.3. The van der Waals surface area contributed by atoms with Gasteiger partial charge in [0.1, 0.15) is 146 Å². The standard InChI is InChI=1S/C66H104O32/c1-25(2)11-10-16-65(8)54-29(71)19-64(7)28-12-13-35-62(4,5)36(15-17-63(35,6)27(28)14-18-66(54,64)61(84)98-65)93-60-53(41(76)34(24-86-60)92-57-47(82)51(39(74)32(22-69)89-57)95-56-44(79)42(77)37(72)30(20-67)88-56)97-55-45(80)43(78)49(26(3)87-55)94-59-48(83)52(40(75)33(23-70)91-59)96-58-46(81)50(85-9)38(73)31(21-68)90-58/h14,26,28,30-60,67-70,72-83H,1,10-13,15-24H2,2-9H3/t26?,28-,30?,31?,32?,33?,34-,35?,36+,37-,38-,39-,40-,41?,42?,43?,44?,45?,46?,47?,48?,49-,50?,51?,52?,53?,54-,55+,56+,57+,58+,59+,60+,63-,64+,65+,66?/m1/s1. The second kappa shape index (κ2) is 29.4. The largest absolute Gasteiger partial charge is 0.458 e. The zero-order chi connectivity index (χ0) is 71.4. The fraction of sp³-hybridized carbons (Fsp3) is 0.909. The van der Waals surface area contributed by atoms with Crippen molar-refractivity contribution in [2.24, 2.45) is 39.4 Å². The number of rotatable bonds is 21. The van der Waals surface area contributed by atoms with Crippen molar-refractivity contribution >= 4 is 11.8 Å². The molecule has 32 nitrogen and oxygen atoms in total. The second-order valence-corrected chi connectivity index (χ2v) is 30.4. The van der Waals surface area contributed by atoms with Crippen molar-refractivity contribution in [2.45, 2.75) is 296 Å². The second-order valence-electron chi connectivity index (χ2n) is 30.4. The van der Waals surface area contributed by atoms with Crippen molar-refractivity contribution in [3.05, 3.63) is 23.8 Å². The van der Waals surface area contributed by atoms with Gasteiger partial charge in [-0.1, -0.05) is 44.9 Å². The van der Waals surface area contributed by atoms with Gasteiger partial charge in [0.2, 0.25) is 0 Å². The number of hydrogen-bond donors (Lipinski definition) is 16. The lowest BCUT2D eigenvalue weighted by Gasteiger charge is -2.63. The molecule has 10 fully saturated rings. The van der Waals surface area contributed by atoms with Gasteiger partial charge in [-0.25, -0.2) is 0 Å². The molecule has 11 aliphatic rings. The lowest BCUT2D eigenvalue weighted by molar-refractivity contribution is -0.397. The number of carbonyl (C=O) groups excluding carboxylic acids is 2. The Kier molecular flexibility index (Phi) is 23.0. The fourth-order valence-electron chi connectivity index (χ4n) is 18.8. The number of fused-ring (bicyclic) bond motifs is 4. The van der Waals surface area contributed by atoms with E-state index in [1.165, 1.54) is 19.6 Å². The summed E-state index contributed by atoms with van der Waals surface area (Å²) in [6.45, 7) is 13.8. The maximum atomic E-state index is 14.6. The summed E-state index contributed by atoms with van der Waals surface area (Å²) >= 11 is 0. The van der Waals surface area contributed by atoms with Gasteiger partial charge in [0.25, 0.3) is 0 Å². The molecule has 7 heterocycles. The predicted molar refractivity (Wildman–Crippen MR) is 326 cm³/mol. The van der Waals surface area contributed by atoms with E-state index in [4.69, 9.17) is 66.3 Å². The van der Waals surface area contributed by atoms with Crippen molar-refractivity contribution in [3.8, 4) is 0 Å². The summed E-state index contributed by atoms with van der Waals surface area (Å²) in [7, 11) is 1.17. The van der Waals surface area contributed by atoms with Crippen LogP contribution in [-0.4, -0.2) is 323 Å². The van der Waals surface area contributed by atoms with Crippen molar-refractivity contribution in [1.82, 2.24) is 0 Å². The third kappa shape index (κ3) is 13.0. The van der Waals surface area contributed by atoms with Crippen molar-refractivity contribution in [3.63, 3.8) is 0 Å². The lowest BCUT2D eigenvalue weighted by atomic mass is 9.41. The number of Topliss-reactive ketones (excluding diaryl/α,β-unsaturated/α-hetero) is 1. The van der Waals surface area contributed by atoms with Gasteiger partial charge in [0.15, 0.2) is 37.7 Å². The van der Waals surface area contributed by atoms with E-state index in [9.17, 15) is 91.3 Å². The topological polar surface area (TPSA) is 487 Å². The molecule has 0 amide bonds. The smallest absolute Gasteiger partial charge is 0.314 e. The number of aliphatic hydroxyl groups excluding tert-OH is 16. The molecule has 1 spiro atoms. The molecule has 7 saturated heterocycles. The molecule has 0 radical (unpaired) electrons. The number of carbonyl (C=O) groups is 2. The molecule has 37 atom stereocenters. The van der Waals surface area contributed by atoms with E-state index >= 15 is 0 Å². The third-order valence-electron chi connectivity index (χ3n) is 24.1. The summed E-state index contributed by atoms with van der Waals surface area (Å²) in [5.41, 5.74) is -1.66. The van der Waals surface area contributed by atoms with E-state index in [-0.39, 0.29) is 30.0 Å². The fourth-order valence-corrected chi connectivity index (χ4v) is 18.8. The summed E-state index contributed by atoms with van der Waals surface area (Å²) in [6, 6.07) is 0. The molecule has 0 bridgehead atoms. The molecule has 16 N–H and O–H groups in total. The highest BCUT2D eigenvalue weighted by Crippen LogP contribution is 2.75. The number of ether oxygens (including phenoxy) is 14. The van der Waals surface area contributed by atoms with E-state index in [0.29, 0.717) is 38.5 Å². The van der Waals surface area contributed by atoms with Crippen LogP contribution < -0.4 is 0 Å². The van der Waals surface area contributed by atoms with E-state index in [2.05, 4.69) is 40.3 Å². The Morgan fingerprint density at radius 1 is 0.561 bits per heavy atom. The van der Waals surface area contributed by atoms with Gasteiger partial charge in [-0.2, -0.15) is 0 Å².